The predicted octanol–water partition coefficient (Wildman–Crippen LogP) is 5.55. The Kier molecular flexibility index (Phi) is 7.20. The summed E-state index contributed by atoms with van der Waals surface area (Å²) in [5.74, 6) is 0.604. The minimum absolute atomic E-state index is 0.0904. The van der Waals surface area contributed by atoms with Crippen molar-refractivity contribution in [3.8, 4) is 0 Å². The maximum absolute atomic E-state index is 12.6. The molecule has 2 rings (SSSR count). The highest BCUT2D eigenvalue weighted by Gasteiger charge is 2.30. The summed E-state index contributed by atoms with van der Waals surface area (Å²) in [6.45, 7) is 0.0904. The Morgan fingerprint density at radius 2 is 1.84 bits per heavy atom. The van der Waals surface area contributed by atoms with E-state index in [1.165, 1.54) is 6.07 Å². The number of hydrogen-bond acceptors (Lipinski definition) is 2. The van der Waals surface area contributed by atoms with Gasteiger partial charge in [0.1, 0.15) is 0 Å². The number of benzene rings is 2. The fourth-order valence-electron chi connectivity index (χ4n) is 2.10. The highest BCUT2D eigenvalue weighted by atomic mass is 35.5. The van der Waals surface area contributed by atoms with E-state index in [9.17, 15) is 18.0 Å². The van der Waals surface area contributed by atoms with Gasteiger partial charge in [0.25, 0.3) is 0 Å². The number of carbonyl (C=O) groups is 1. The Hall–Kier alpha value is -1.66. The van der Waals surface area contributed by atoms with E-state index in [-0.39, 0.29) is 12.5 Å². The lowest BCUT2D eigenvalue weighted by Gasteiger charge is -2.09. The van der Waals surface area contributed by atoms with Crippen LogP contribution in [0.4, 0.5) is 13.2 Å². The molecule has 1 amide bonds. The summed E-state index contributed by atoms with van der Waals surface area (Å²) in [7, 11) is 0. The molecule has 0 aliphatic rings. The van der Waals surface area contributed by atoms with Crippen LogP contribution in [0.2, 0.25) is 5.02 Å². The molecule has 0 saturated heterocycles. The van der Waals surface area contributed by atoms with E-state index in [1.54, 1.807) is 17.8 Å². The molecule has 0 aliphatic heterocycles. The number of thioether (sulfide) groups is 1. The molecule has 0 heterocycles. The Morgan fingerprint density at radius 3 is 2.52 bits per heavy atom. The first-order valence-electron chi connectivity index (χ1n) is 7.66. The van der Waals surface area contributed by atoms with Crippen LogP contribution in [0, 0.1) is 0 Å². The van der Waals surface area contributed by atoms with Crippen LogP contribution in [0.1, 0.15) is 24.0 Å². The fourth-order valence-corrected chi connectivity index (χ4v) is 3.08. The van der Waals surface area contributed by atoms with Gasteiger partial charge in [0.05, 0.1) is 5.56 Å². The van der Waals surface area contributed by atoms with Crippen molar-refractivity contribution in [1.82, 2.24) is 5.32 Å². The summed E-state index contributed by atoms with van der Waals surface area (Å²) in [6.07, 6.45) is -3.36. The molecule has 2 nitrogen and oxygen atoms in total. The van der Waals surface area contributed by atoms with Crippen LogP contribution in [0.15, 0.2) is 53.4 Å². The maximum atomic E-state index is 12.6. The second-order valence-corrected chi connectivity index (χ2v) is 6.99. The second kappa shape index (κ2) is 9.15. The van der Waals surface area contributed by atoms with Crippen molar-refractivity contribution in [2.24, 2.45) is 0 Å². The summed E-state index contributed by atoms with van der Waals surface area (Å²) < 4.78 is 37.9. The zero-order valence-corrected chi connectivity index (χ0v) is 14.8. The van der Waals surface area contributed by atoms with Crippen LogP contribution in [-0.2, 0) is 17.5 Å². The summed E-state index contributed by atoms with van der Waals surface area (Å²) in [4.78, 5) is 12.9. The van der Waals surface area contributed by atoms with Gasteiger partial charge < -0.3 is 5.32 Å². The third kappa shape index (κ3) is 7.00. The van der Waals surface area contributed by atoms with E-state index in [4.69, 9.17) is 11.6 Å². The number of alkyl halides is 3. The Bertz CT molecular complexity index is 704. The van der Waals surface area contributed by atoms with Gasteiger partial charge in [-0.25, -0.2) is 0 Å². The van der Waals surface area contributed by atoms with Crippen molar-refractivity contribution < 1.29 is 18.0 Å². The van der Waals surface area contributed by atoms with Crippen LogP contribution >= 0.6 is 23.4 Å². The highest BCUT2D eigenvalue weighted by molar-refractivity contribution is 7.99. The van der Waals surface area contributed by atoms with Gasteiger partial charge in [0.15, 0.2) is 0 Å². The van der Waals surface area contributed by atoms with Crippen molar-refractivity contribution >= 4 is 29.3 Å². The number of halogens is 4. The minimum Gasteiger partial charge on any atom is -0.352 e. The van der Waals surface area contributed by atoms with Gasteiger partial charge in [0, 0.05) is 22.9 Å². The summed E-state index contributed by atoms with van der Waals surface area (Å²) in [5.41, 5.74) is -0.280. The first-order chi connectivity index (χ1) is 11.8. The Morgan fingerprint density at radius 1 is 1.12 bits per heavy atom. The van der Waals surface area contributed by atoms with Gasteiger partial charge >= 0.3 is 6.18 Å². The van der Waals surface area contributed by atoms with Gasteiger partial charge in [-0.05, 0) is 54.1 Å². The van der Waals surface area contributed by atoms with Crippen molar-refractivity contribution in [3.05, 3.63) is 64.7 Å². The topological polar surface area (TPSA) is 29.1 Å². The van der Waals surface area contributed by atoms with Crippen molar-refractivity contribution in [2.75, 3.05) is 5.75 Å². The van der Waals surface area contributed by atoms with Gasteiger partial charge in [-0.15, -0.1) is 11.8 Å². The van der Waals surface area contributed by atoms with Crippen molar-refractivity contribution in [2.45, 2.75) is 30.5 Å². The van der Waals surface area contributed by atoms with Gasteiger partial charge in [0.2, 0.25) is 5.91 Å². The van der Waals surface area contributed by atoms with E-state index in [0.29, 0.717) is 23.4 Å². The van der Waals surface area contributed by atoms with Crippen molar-refractivity contribution in [1.29, 1.82) is 0 Å². The molecule has 0 saturated carbocycles. The van der Waals surface area contributed by atoms with E-state index >= 15 is 0 Å². The molecule has 7 heteroatoms. The maximum Gasteiger partial charge on any atom is 0.416 e. The molecule has 2 aromatic rings. The predicted molar refractivity (Wildman–Crippen MR) is 94.7 cm³/mol. The van der Waals surface area contributed by atoms with E-state index in [1.807, 2.05) is 24.3 Å². The molecule has 0 atom stereocenters. The van der Waals surface area contributed by atoms with Crippen LogP contribution in [0.3, 0.4) is 0 Å². The van der Waals surface area contributed by atoms with Crippen LogP contribution in [0.25, 0.3) is 0 Å². The quantitative estimate of drug-likeness (QED) is 0.498. The summed E-state index contributed by atoms with van der Waals surface area (Å²) in [6, 6.07) is 12.4. The number of rotatable bonds is 7. The van der Waals surface area contributed by atoms with Crippen LogP contribution in [-0.4, -0.2) is 11.7 Å². The molecule has 0 bridgehead atoms. The zero-order valence-electron chi connectivity index (χ0n) is 13.3. The molecule has 0 fully saturated rings. The molecular formula is C18H17ClF3NOS. The number of nitrogens with one attached hydrogen (secondary N) is 1. The molecule has 0 radical (unpaired) electrons. The van der Waals surface area contributed by atoms with E-state index in [2.05, 4.69) is 5.32 Å². The van der Waals surface area contributed by atoms with Gasteiger partial charge in [-0.3, -0.25) is 4.79 Å². The molecule has 0 spiro atoms. The van der Waals surface area contributed by atoms with Gasteiger partial charge in [-0.2, -0.15) is 13.2 Å². The summed E-state index contributed by atoms with van der Waals surface area (Å²) >= 11 is 7.44. The molecule has 0 aromatic heterocycles. The molecule has 0 unspecified atom stereocenters. The largest absolute Gasteiger partial charge is 0.416 e. The zero-order chi connectivity index (χ0) is 18.3. The molecule has 0 aliphatic carbocycles. The van der Waals surface area contributed by atoms with Gasteiger partial charge in [-0.1, -0.05) is 23.7 Å². The lowest BCUT2D eigenvalue weighted by atomic mass is 10.1. The third-order valence-corrected chi connectivity index (χ3v) is 4.72. The molecule has 25 heavy (non-hydrogen) atoms. The second-order valence-electron chi connectivity index (χ2n) is 5.38. The summed E-state index contributed by atoms with van der Waals surface area (Å²) in [5, 5.41) is 3.33. The van der Waals surface area contributed by atoms with Crippen LogP contribution in [0.5, 0.6) is 0 Å². The first kappa shape index (κ1) is 19.7. The lowest BCUT2D eigenvalue weighted by molar-refractivity contribution is -0.137. The smallest absolute Gasteiger partial charge is 0.352 e. The molecule has 134 valence electrons. The number of hydrogen-bond donors (Lipinski definition) is 1. The van der Waals surface area contributed by atoms with Crippen LogP contribution < -0.4 is 5.32 Å². The standard InChI is InChI=1S/C18H17ClF3NOS/c19-15-6-8-16(9-7-15)25-10-2-5-17(24)23-12-13-3-1-4-14(11-13)18(20,21)22/h1,3-4,6-9,11H,2,5,10,12H2,(H,23,24). The Labute approximate surface area is 153 Å². The fraction of sp³-hybridized carbons (Fsp3) is 0.278. The Balaban J connectivity index is 1.69. The minimum atomic E-state index is -4.38. The molecule has 1 N–H and O–H groups in total. The first-order valence-corrected chi connectivity index (χ1v) is 9.02. The lowest BCUT2D eigenvalue weighted by Crippen LogP contribution is -2.22. The number of carbonyl (C=O) groups excluding carboxylic acids is 1. The normalized spacial score (nSPS) is 11.4. The molecular weight excluding hydrogens is 371 g/mol. The van der Waals surface area contributed by atoms with Crippen molar-refractivity contribution in [3.63, 3.8) is 0 Å². The van der Waals surface area contributed by atoms with E-state index < -0.39 is 11.7 Å². The third-order valence-electron chi connectivity index (χ3n) is 3.37. The SMILES string of the molecule is O=C(CCCSc1ccc(Cl)cc1)NCc1cccc(C(F)(F)F)c1. The average molecular weight is 388 g/mol. The monoisotopic (exact) mass is 387 g/mol. The number of amides is 1. The molecule has 2 aromatic carbocycles. The average Bonchev–Trinajstić information content (AvgIpc) is 2.58. The van der Waals surface area contributed by atoms with E-state index in [0.717, 1.165) is 22.8 Å². The highest BCUT2D eigenvalue weighted by Crippen LogP contribution is 2.29.